The number of nitrogens with zero attached hydrogens (tertiary/aromatic N) is 1. The number of halogens is 3. The van der Waals surface area contributed by atoms with Crippen molar-refractivity contribution in [1.82, 2.24) is 0 Å². The van der Waals surface area contributed by atoms with E-state index in [0.29, 0.717) is 18.7 Å². The molecule has 0 amide bonds. The molecule has 0 radical (unpaired) electrons. The van der Waals surface area contributed by atoms with Gasteiger partial charge in [-0.2, -0.15) is 0 Å². The Bertz CT molecular complexity index is 408. The molecule has 1 aliphatic heterocycles. The predicted octanol–water partition coefficient (Wildman–Crippen LogP) is 3.32. The minimum absolute atomic E-state index is 0.0193. The maximum Gasteiger partial charge on any atom is 0.149 e. The monoisotopic (exact) mass is 275 g/mol. The summed E-state index contributed by atoms with van der Waals surface area (Å²) in [4.78, 5) is 1.70. The fourth-order valence-electron chi connectivity index (χ4n) is 2.36. The van der Waals surface area contributed by atoms with Gasteiger partial charge in [0.05, 0.1) is 12.2 Å². The van der Waals surface area contributed by atoms with Gasteiger partial charge in [0.25, 0.3) is 0 Å². The van der Waals surface area contributed by atoms with Crippen molar-refractivity contribution in [2.45, 2.75) is 31.9 Å². The van der Waals surface area contributed by atoms with Crippen molar-refractivity contribution in [3.63, 3.8) is 0 Å². The Morgan fingerprint density at radius 3 is 2.17 bits per heavy atom. The Morgan fingerprint density at radius 2 is 1.72 bits per heavy atom. The van der Waals surface area contributed by atoms with Gasteiger partial charge in [-0.1, -0.05) is 0 Å². The van der Waals surface area contributed by atoms with E-state index in [4.69, 9.17) is 16.3 Å². The maximum atomic E-state index is 14.0. The summed E-state index contributed by atoms with van der Waals surface area (Å²) >= 11 is 5.59. The van der Waals surface area contributed by atoms with Crippen LogP contribution in [-0.4, -0.2) is 25.3 Å². The number of benzene rings is 1. The molecule has 0 saturated carbocycles. The molecule has 5 heteroatoms. The molecular weight excluding hydrogens is 260 g/mol. The fraction of sp³-hybridized carbons (Fsp3) is 0.538. The third-order valence-electron chi connectivity index (χ3n) is 2.97. The van der Waals surface area contributed by atoms with Crippen LogP contribution in [0.25, 0.3) is 0 Å². The summed E-state index contributed by atoms with van der Waals surface area (Å²) in [6, 6.07) is 2.58. The number of morpholine rings is 1. The summed E-state index contributed by atoms with van der Waals surface area (Å²) in [6.45, 7) is 4.76. The van der Waals surface area contributed by atoms with E-state index in [1.54, 1.807) is 4.90 Å². The fourth-order valence-corrected chi connectivity index (χ4v) is 2.51. The summed E-state index contributed by atoms with van der Waals surface area (Å²) in [5.41, 5.74) is 0.468. The average molecular weight is 276 g/mol. The lowest BCUT2D eigenvalue weighted by Crippen LogP contribution is -2.46. The van der Waals surface area contributed by atoms with E-state index < -0.39 is 11.6 Å². The molecule has 100 valence electrons. The van der Waals surface area contributed by atoms with E-state index >= 15 is 0 Å². The first-order valence-corrected chi connectivity index (χ1v) is 6.49. The molecule has 2 nitrogen and oxygen atoms in total. The predicted molar refractivity (Wildman–Crippen MR) is 68.1 cm³/mol. The molecule has 1 saturated heterocycles. The first-order valence-electron chi connectivity index (χ1n) is 5.95. The minimum Gasteiger partial charge on any atom is -0.372 e. The van der Waals surface area contributed by atoms with Crippen molar-refractivity contribution < 1.29 is 13.5 Å². The second-order valence-electron chi connectivity index (χ2n) is 4.70. The van der Waals surface area contributed by atoms with Gasteiger partial charge in [-0.25, -0.2) is 8.78 Å². The van der Waals surface area contributed by atoms with E-state index in [0.717, 1.165) is 0 Å². The minimum atomic E-state index is -0.563. The molecule has 1 heterocycles. The van der Waals surface area contributed by atoms with Gasteiger partial charge in [-0.05, 0) is 31.5 Å². The van der Waals surface area contributed by atoms with Gasteiger partial charge < -0.3 is 9.64 Å². The Morgan fingerprint density at radius 1 is 1.22 bits per heavy atom. The highest BCUT2D eigenvalue weighted by Crippen LogP contribution is 2.28. The molecule has 2 atom stereocenters. The largest absolute Gasteiger partial charge is 0.372 e. The van der Waals surface area contributed by atoms with Crippen LogP contribution < -0.4 is 4.90 Å². The first-order chi connectivity index (χ1) is 8.51. The summed E-state index contributed by atoms with van der Waals surface area (Å²) in [5, 5.41) is 0. The molecule has 1 aromatic carbocycles. The molecule has 0 unspecified atom stereocenters. The number of hydrogen-bond donors (Lipinski definition) is 0. The smallest absolute Gasteiger partial charge is 0.149 e. The number of alkyl halides is 1. The first kappa shape index (κ1) is 13.6. The zero-order valence-electron chi connectivity index (χ0n) is 10.4. The van der Waals surface area contributed by atoms with E-state index in [1.807, 2.05) is 13.8 Å². The van der Waals surface area contributed by atoms with Gasteiger partial charge >= 0.3 is 0 Å². The summed E-state index contributed by atoms with van der Waals surface area (Å²) in [6.07, 6.45) is -0.0829. The second kappa shape index (κ2) is 5.41. The van der Waals surface area contributed by atoms with Crippen molar-refractivity contribution in [1.29, 1.82) is 0 Å². The molecule has 0 N–H and O–H groups in total. The third kappa shape index (κ3) is 2.75. The van der Waals surface area contributed by atoms with Crippen LogP contribution in [0.3, 0.4) is 0 Å². The maximum absolute atomic E-state index is 14.0. The molecule has 1 aliphatic rings. The van der Waals surface area contributed by atoms with E-state index in [9.17, 15) is 8.78 Å². The van der Waals surface area contributed by atoms with Crippen molar-refractivity contribution in [3.05, 3.63) is 29.3 Å². The topological polar surface area (TPSA) is 12.5 Å². The highest BCUT2D eigenvalue weighted by Gasteiger charge is 2.26. The SMILES string of the molecule is C[C@@H]1CN(c2c(F)cc(CCl)cc2F)C[C@H](C)O1. The Labute approximate surface area is 110 Å². The van der Waals surface area contributed by atoms with Crippen molar-refractivity contribution in [2.24, 2.45) is 0 Å². The highest BCUT2D eigenvalue weighted by atomic mass is 35.5. The normalized spacial score (nSPS) is 24.4. The molecular formula is C13H16ClF2NO. The number of rotatable bonds is 2. The van der Waals surface area contributed by atoms with Crippen LogP contribution in [-0.2, 0) is 10.6 Å². The zero-order chi connectivity index (χ0) is 13.3. The lowest BCUT2D eigenvalue weighted by atomic mass is 10.1. The van der Waals surface area contributed by atoms with Crippen LogP contribution in [0.5, 0.6) is 0 Å². The Hall–Kier alpha value is -0.870. The average Bonchev–Trinajstić information content (AvgIpc) is 2.26. The number of hydrogen-bond acceptors (Lipinski definition) is 2. The van der Waals surface area contributed by atoms with Crippen LogP contribution in [0.15, 0.2) is 12.1 Å². The van der Waals surface area contributed by atoms with Crippen LogP contribution >= 0.6 is 11.6 Å². The molecule has 18 heavy (non-hydrogen) atoms. The van der Waals surface area contributed by atoms with Crippen LogP contribution in [0, 0.1) is 11.6 Å². The van der Waals surface area contributed by atoms with Crippen LogP contribution in [0.2, 0.25) is 0 Å². The van der Waals surface area contributed by atoms with Gasteiger partial charge in [-0.3, -0.25) is 0 Å². The van der Waals surface area contributed by atoms with Crippen molar-refractivity contribution in [2.75, 3.05) is 18.0 Å². The van der Waals surface area contributed by atoms with Gasteiger partial charge in [0.1, 0.15) is 17.3 Å². The zero-order valence-corrected chi connectivity index (χ0v) is 11.2. The molecule has 0 spiro atoms. The Kier molecular flexibility index (Phi) is 4.07. The molecule has 0 bridgehead atoms. The highest BCUT2D eigenvalue weighted by molar-refractivity contribution is 6.17. The summed E-state index contributed by atoms with van der Waals surface area (Å²) < 4.78 is 33.5. The van der Waals surface area contributed by atoms with E-state index in [-0.39, 0.29) is 23.8 Å². The van der Waals surface area contributed by atoms with Crippen molar-refractivity contribution >= 4 is 17.3 Å². The molecule has 1 aromatic rings. The quantitative estimate of drug-likeness (QED) is 0.768. The molecule has 0 aliphatic carbocycles. The van der Waals surface area contributed by atoms with Crippen LogP contribution in [0.1, 0.15) is 19.4 Å². The summed E-state index contributed by atoms with van der Waals surface area (Å²) in [5.74, 6) is -1.02. The van der Waals surface area contributed by atoms with Crippen molar-refractivity contribution in [3.8, 4) is 0 Å². The Balaban J connectivity index is 2.32. The second-order valence-corrected chi connectivity index (χ2v) is 4.97. The third-order valence-corrected chi connectivity index (χ3v) is 3.28. The molecule has 0 aromatic heterocycles. The number of ether oxygens (including phenoxy) is 1. The molecule has 2 rings (SSSR count). The molecule has 1 fully saturated rings. The van der Waals surface area contributed by atoms with E-state index in [2.05, 4.69) is 0 Å². The van der Waals surface area contributed by atoms with E-state index in [1.165, 1.54) is 12.1 Å². The van der Waals surface area contributed by atoms with Gasteiger partial charge in [0.15, 0.2) is 0 Å². The van der Waals surface area contributed by atoms with Crippen LogP contribution in [0.4, 0.5) is 14.5 Å². The standard InChI is InChI=1S/C13H16ClF2NO/c1-8-6-17(7-9(2)18-8)13-11(15)3-10(5-14)4-12(13)16/h3-4,8-9H,5-7H2,1-2H3/t8-,9+. The van der Waals surface area contributed by atoms with Gasteiger partial charge in [0.2, 0.25) is 0 Å². The van der Waals surface area contributed by atoms with Gasteiger partial charge in [-0.15, -0.1) is 11.6 Å². The number of anilines is 1. The van der Waals surface area contributed by atoms with Gasteiger partial charge in [0, 0.05) is 19.0 Å². The summed E-state index contributed by atoms with van der Waals surface area (Å²) in [7, 11) is 0. The lowest BCUT2D eigenvalue weighted by molar-refractivity contribution is -0.00558. The lowest BCUT2D eigenvalue weighted by Gasteiger charge is -2.37.